The van der Waals surface area contributed by atoms with Crippen LogP contribution in [0, 0.1) is 5.92 Å². The van der Waals surface area contributed by atoms with Crippen LogP contribution in [0.1, 0.15) is 30.1 Å². The molecule has 1 aromatic heterocycles. The molecule has 7 heteroatoms. The second-order valence-electron chi connectivity index (χ2n) is 5.09. The van der Waals surface area contributed by atoms with Gasteiger partial charge in [0.1, 0.15) is 0 Å². The van der Waals surface area contributed by atoms with Crippen LogP contribution in [-0.2, 0) is 0 Å². The van der Waals surface area contributed by atoms with Gasteiger partial charge in [0.2, 0.25) is 0 Å². The molecule has 1 saturated carbocycles. The predicted molar refractivity (Wildman–Crippen MR) is 98.7 cm³/mol. The van der Waals surface area contributed by atoms with Gasteiger partial charge in [-0.1, -0.05) is 0 Å². The second-order valence-corrected chi connectivity index (χ2v) is 5.09. The normalized spacial score (nSPS) is 14.0. The summed E-state index contributed by atoms with van der Waals surface area (Å²) in [4.78, 5) is 20.3. The Morgan fingerprint density at radius 1 is 1.32 bits per heavy atom. The minimum Gasteiger partial charge on any atom is -0.357 e. The highest BCUT2D eigenvalue weighted by atomic mass is 127. The Bertz CT molecular complexity index is 476. The van der Waals surface area contributed by atoms with Crippen molar-refractivity contribution in [2.75, 3.05) is 26.2 Å². The van der Waals surface area contributed by atoms with Crippen molar-refractivity contribution in [2.24, 2.45) is 10.9 Å². The number of aromatic nitrogens is 1. The molecule has 2 rings (SSSR count). The number of guanidine groups is 1. The summed E-state index contributed by atoms with van der Waals surface area (Å²) in [6, 6.07) is 3.50. The average molecular weight is 417 g/mol. The molecule has 0 aliphatic heterocycles. The van der Waals surface area contributed by atoms with E-state index in [9.17, 15) is 4.79 Å². The maximum Gasteiger partial charge on any atom is 0.252 e. The summed E-state index contributed by atoms with van der Waals surface area (Å²) < 4.78 is 0. The van der Waals surface area contributed by atoms with E-state index < -0.39 is 0 Å². The van der Waals surface area contributed by atoms with Gasteiger partial charge in [-0.25, -0.2) is 0 Å². The molecule has 0 aromatic carbocycles. The lowest BCUT2D eigenvalue weighted by Gasteiger charge is -2.11. The standard InChI is InChI=1S/C15H23N5O.HI/c1-2-17-15(20-10-12-5-6-12)19-9-8-18-14(21)13-4-3-7-16-11-13;/h3-4,7,11-12H,2,5-6,8-10H2,1H3,(H,18,21)(H2,17,19,20);1H. The summed E-state index contributed by atoms with van der Waals surface area (Å²) >= 11 is 0. The minimum absolute atomic E-state index is 0. The highest BCUT2D eigenvalue weighted by Gasteiger charge is 2.20. The molecule has 0 unspecified atom stereocenters. The largest absolute Gasteiger partial charge is 0.357 e. The van der Waals surface area contributed by atoms with E-state index in [0.29, 0.717) is 18.7 Å². The number of aliphatic imine (C=N–C) groups is 1. The molecule has 0 bridgehead atoms. The van der Waals surface area contributed by atoms with Crippen LogP contribution in [0.4, 0.5) is 0 Å². The molecular weight excluding hydrogens is 393 g/mol. The third-order valence-electron chi connectivity index (χ3n) is 3.18. The van der Waals surface area contributed by atoms with E-state index in [1.807, 2.05) is 6.92 Å². The molecule has 1 fully saturated rings. The van der Waals surface area contributed by atoms with E-state index >= 15 is 0 Å². The van der Waals surface area contributed by atoms with Crippen LogP contribution < -0.4 is 16.0 Å². The number of carbonyl (C=O) groups is 1. The van der Waals surface area contributed by atoms with Gasteiger partial charge in [0.25, 0.3) is 5.91 Å². The Hall–Kier alpha value is -1.38. The van der Waals surface area contributed by atoms with E-state index in [0.717, 1.165) is 25.0 Å². The zero-order chi connectivity index (χ0) is 14.9. The lowest BCUT2D eigenvalue weighted by molar-refractivity contribution is 0.0954. The summed E-state index contributed by atoms with van der Waals surface area (Å²) in [5, 5.41) is 9.27. The van der Waals surface area contributed by atoms with Crippen molar-refractivity contribution in [3.8, 4) is 0 Å². The Morgan fingerprint density at radius 2 is 2.09 bits per heavy atom. The topological polar surface area (TPSA) is 78.4 Å². The molecule has 1 aliphatic rings. The maximum atomic E-state index is 11.8. The van der Waals surface area contributed by atoms with Crippen LogP contribution >= 0.6 is 24.0 Å². The molecule has 1 amide bonds. The van der Waals surface area contributed by atoms with Gasteiger partial charge < -0.3 is 16.0 Å². The first-order valence-electron chi connectivity index (χ1n) is 7.50. The third kappa shape index (κ3) is 7.06. The molecule has 6 nitrogen and oxygen atoms in total. The highest BCUT2D eigenvalue weighted by Crippen LogP contribution is 2.28. The van der Waals surface area contributed by atoms with E-state index in [2.05, 4.69) is 25.9 Å². The van der Waals surface area contributed by atoms with Crippen molar-refractivity contribution in [3.05, 3.63) is 30.1 Å². The number of halogens is 1. The summed E-state index contributed by atoms with van der Waals surface area (Å²) in [5.74, 6) is 1.48. The molecular formula is C15H24IN5O. The van der Waals surface area contributed by atoms with Gasteiger partial charge in [-0.2, -0.15) is 0 Å². The van der Waals surface area contributed by atoms with Crippen molar-refractivity contribution >= 4 is 35.8 Å². The molecule has 0 saturated heterocycles. The zero-order valence-corrected chi connectivity index (χ0v) is 15.2. The average Bonchev–Trinajstić information content (AvgIpc) is 3.34. The number of nitrogens with one attached hydrogen (secondary N) is 3. The first-order valence-corrected chi connectivity index (χ1v) is 7.50. The zero-order valence-electron chi connectivity index (χ0n) is 12.8. The molecule has 1 aliphatic carbocycles. The number of pyridine rings is 1. The second kappa shape index (κ2) is 10.4. The summed E-state index contributed by atoms with van der Waals surface area (Å²) in [5.41, 5.74) is 0.576. The predicted octanol–water partition coefficient (Wildman–Crippen LogP) is 1.39. The Kier molecular flexibility index (Phi) is 8.79. The van der Waals surface area contributed by atoms with Gasteiger partial charge in [-0.3, -0.25) is 14.8 Å². The quantitative estimate of drug-likeness (QED) is 0.271. The lowest BCUT2D eigenvalue weighted by Crippen LogP contribution is -2.41. The number of carbonyl (C=O) groups excluding carboxylic acids is 1. The Balaban J connectivity index is 0.00000242. The maximum absolute atomic E-state index is 11.8. The molecule has 3 N–H and O–H groups in total. The van der Waals surface area contributed by atoms with E-state index in [4.69, 9.17) is 0 Å². The Morgan fingerprint density at radius 3 is 2.73 bits per heavy atom. The number of rotatable bonds is 7. The summed E-state index contributed by atoms with van der Waals surface area (Å²) in [6.45, 7) is 4.94. The van der Waals surface area contributed by atoms with Crippen LogP contribution in [-0.4, -0.2) is 43.0 Å². The fourth-order valence-corrected chi connectivity index (χ4v) is 1.82. The van der Waals surface area contributed by atoms with Crippen LogP contribution in [0.5, 0.6) is 0 Å². The lowest BCUT2D eigenvalue weighted by atomic mass is 10.3. The molecule has 0 atom stereocenters. The van der Waals surface area contributed by atoms with Crippen molar-refractivity contribution < 1.29 is 4.79 Å². The van der Waals surface area contributed by atoms with E-state index in [-0.39, 0.29) is 29.9 Å². The van der Waals surface area contributed by atoms with E-state index in [1.54, 1.807) is 24.5 Å². The van der Waals surface area contributed by atoms with Crippen LogP contribution in [0.15, 0.2) is 29.5 Å². The molecule has 0 spiro atoms. The first-order chi connectivity index (χ1) is 10.3. The SMILES string of the molecule is CCNC(=NCC1CC1)NCCNC(=O)c1cccnc1.I. The van der Waals surface area contributed by atoms with Crippen molar-refractivity contribution in [3.63, 3.8) is 0 Å². The minimum atomic E-state index is -0.107. The molecule has 1 heterocycles. The van der Waals surface area contributed by atoms with Gasteiger partial charge in [0, 0.05) is 38.6 Å². The fourth-order valence-electron chi connectivity index (χ4n) is 1.82. The molecule has 1 aromatic rings. The number of amides is 1. The number of hydrogen-bond donors (Lipinski definition) is 3. The van der Waals surface area contributed by atoms with Crippen molar-refractivity contribution in [2.45, 2.75) is 19.8 Å². The summed E-state index contributed by atoms with van der Waals surface area (Å²) in [6.07, 6.45) is 5.80. The molecule has 22 heavy (non-hydrogen) atoms. The Labute approximate surface area is 148 Å². The number of nitrogens with zero attached hydrogens (tertiary/aromatic N) is 2. The van der Waals surface area contributed by atoms with Gasteiger partial charge in [0.15, 0.2) is 5.96 Å². The molecule has 122 valence electrons. The van der Waals surface area contributed by atoms with Gasteiger partial charge in [0.05, 0.1) is 5.56 Å². The smallest absolute Gasteiger partial charge is 0.252 e. The van der Waals surface area contributed by atoms with Gasteiger partial charge >= 0.3 is 0 Å². The van der Waals surface area contributed by atoms with Gasteiger partial charge in [-0.15, -0.1) is 24.0 Å². The van der Waals surface area contributed by atoms with E-state index in [1.165, 1.54) is 12.8 Å². The molecule has 0 radical (unpaired) electrons. The fraction of sp³-hybridized carbons (Fsp3) is 0.533. The number of hydrogen-bond acceptors (Lipinski definition) is 3. The highest BCUT2D eigenvalue weighted by molar-refractivity contribution is 14.0. The van der Waals surface area contributed by atoms with Crippen LogP contribution in [0.25, 0.3) is 0 Å². The van der Waals surface area contributed by atoms with Gasteiger partial charge in [-0.05, 0) is 37.8 Å². The van der Waals surface area contributed by atoms with Crippen molar-refractivity contribution in [1.29, 1.82) is 0 Å². The monoisotopic (exact) mass is 417 g/mol. The van der Waals surface area contributed by atoms with Crippen LogP contribution in [0.2, 0.25) is 0 Å². The third-order valence-corrected chi connectivity index (χ3v) is 3.18. The van der Waals surface area contributed by atoms with Crippen molar-refractivity contribution in [1.82, 2.24) is 20.9 Å². The first kappa shape index (κ1) is 18.7. The van der Waals surface area contributed by atoms with Crippen LogP contribution in [0.3, 0.4) is 0 Å². The summed E-state index contributed by atoms with van der Waals surface area (Å²) in [7, 11) is 0.